The van der Waals surface area contributed by atoms with Crippen LogP contribution in [0.15, 0.2) is 54.4 Å². The Morgan fingerprint density at radius 2 is 1.54 bits per heavy atom. The maximum absolute atomic E-state index is 11.0. The van der Waals surface area contributed by atoms with Crippen LogP contribution in [0.5, 0.6) is 0 Å². The van der Waals surface area contributed by atoms with E-state index in [0.717, 1.165) is 88.6 Å². The Bertz CT molecular complexity index is 1050. The van der Waals surface area contributed by atoms with Crippen molar-refractivity contribution in [2.45, 2.75) is 110 Å². The highest BCUT2D eigenvalue weighted by atomic mass is 16.5. The third kappa shape index (κ3) is 6.39. The van der Waals surface area contributed by atoms with Gasteiger partial charge in [-0.1, -0.05) is 102 Å². The number of nitrogens with two attached hydrogens (primary N) is 1. The first-order valence-corrected chi connectivity index (χ1v) is 14.6. The number of benzene rings is 2. The highest BCUT2D eigenvalue weighted by Crippen LogP contribution is 2.49. The largest absolute Gasteiger partial charge is 0.456 e. The van der Waals surface area contributed by atoms with Crippen molar-refractivity contribution in [2.24, 2.45) is 5.73 Å². The molecule has 2 atom stereocenters. The lowest BCUT2D eigenvalue weighted by atomic mass is 9.74. The minimum Gasteiger partial charge on any atom is -0.456 e. The smallest absolute Gasteiger partial charge is 0.197 e. The Kier molecular flexibility index (Phi) is 11.1. The standard InChI is InChI=1S/C33H47N3O/c1-5-9-17-26-20-16-22-29-30(26)28(21-10-6-2)32(37-31(35)27-18-14-13-15-19-27)36(24-12-8-4)33(29,25-34)23-11-7-3/h13-16,18-20,22,31H,5-12,17,21,23-24,35H2,1-4H3. The van der Waals surface area contributed by atoms with Gasteiger partial charge >= 0.3 is 0 Å². The van der Waals surface area contributed by atoms with E-state index >= 15 is 0 Å². The summed E-state index contributed by atoms with van der Waals surface area (Å²) in [5.41, 5.74) is 11.9. The summed E-state index contributed by atoms with van der Waals surface area (Å²) in [6.07, 6.45) is 10.6. The van der Waals surface area contributed by atoms with Crippen LogP contribution in [0.3, 0.4) is 0 Å². The first-order valence-electron chi connectivity index (χ1n) is 14.6. The zero-order valence-electron chi connectivity index (χ0n) is 23.6. The van der Waals surface area contributed by atoms with E-state index in [0.29, 0.717) is 0 Å². The minimum absolute atomic E-state index is 0.594. The Hall–Kier alpha value is -2.77. The summed E-state index contributed by atoms with van der Waals surface area (Å²) in [4.78, 5) is 2.30. The highest BCUT2D eigenvalue weighted by Gasteiger charge is 2.47. The fourth-order valence-electron chi connectivity index (χ4n) is 5.50. The molecule has 2 N–H and O–H groups in total. The minimum atomic E-state index is -0.760. The number of allylic oxidation sites excluding steroid dienone is 1. The summed E-state index contributed by atoms with van der Waals surface area (Å²) in [5, 5.41) is 11.0. The summed E-state index contributed by atoms with van der Waals surface area (Å²) in [6, 6.07) is 19.5. The lowest BCUT2D eigenvalue weighted by molar-refractivity contribution is 0.00924. The summed E-state index contributed by atoms with van der Waals surface area (Å²) in [7, 11) is 0. The van der Waals surface area contributed by atoms with Gasteiger partial charge in [-0.15, -0.1) is 0 Å². The topological polar surface area (TPSA) is 62.3 Å². The maximum Gasteiger partial charge on any atom is 0.197 e. The van der Waals surface area contributed by atoms with E-state index in [1.807, 2.05) is 30.3 Å². The van der Waals surface area contributed by atoms with Crippen molar-refractivity contribution in [3.05, 3.63) is 76.7 Å². The predicted molar refractivity (Wildman–Crippen MR) is 154 cm³/mol. The highest BCUT2D eigenvalue weighted by molar-refractivity contribution is 5.76. The van der Waals surface area contributed by atoms with E-state index in [-0.39, 0.29) is 0 Å². The summed E-state index contributed by atoms with van der Waals surface area (Å²) in [6.45, 7) is 9.66. The van der Waals surface area contributed by atoms with E-state index in [9.17, 15) is 5.26 Å². The molecule has 2 aromatic rings. The fourth-order valence-corrected chi connectivity index (χ4v) is 5.50. The Morgan fingerprint density at radius 3 is 2.19 bits per heavy atom. The molecule has 0 aliphatic carbocycles. The van der Waals surface area contributed by atoms with Crippen LogP contribution in [0, 0.1) is 11.3 Å². The molecule has 1 heterocycles. The Balaban J connectivity index is 2.30. The monoisotopic (exact) mass is 501 g/mol. The Morgan fingerprint density at radius 1 is 0.865 bits per heavy atom. The van der Waals surface area contributed by atoms with Gasteiger partial charge < -0.3 is 9.64 Å². The number of nitriles is 1. The lowest BCUT2D eigenvalue weighted by Gasteiger charge is -2.47. The van der Waals surface area contributed by atoms with Gasteiger partial charge in [0, 0.05) is 17.7 Å². The molecule has 0 radical (unpaired) electrons. The van der Waals surface area contributed by atoms with E-state index in [1.54, 1.807) is 0 Å². The van der Waals surface area contributed by atoms with Crippen LogP contribution in [0.1, 0.15) is 120 Å². The number of ether oxygens (including phenoxy) is 1. The molecule has 0 fully saturated rings. The molecule has 2 aromatic carbocycles. The molecule has 0 bridgehead atoms. The molecule has 0 amide bonds. The van der Waals surface area contributed by atoms with Crippen LogP contribution in [-0.2, 0) is 16.7 Å². The average molecular weight is 502 g/mol. The number of fused-ring (bicyclic) bond motifs is 1. The van der Waals surface area contributed by atoms with Gasteiger partial charge in [0.05, 0.1) is 6.07 Å². The van der Waals surface area contributed by atoms with Crippen LogP contribution < -0.4 is 5.73 Å². The van der Waals surface area contributed by atoms with Crippen LogP contribution in [-0.4, -0.2) is 11.4 Å². The fraction of sp³-hybridized carbons (Fsp3) is 0.545. The van der Waals surface area contributed by atoms with Gasteiger partial charge in [0.2, 0.25) is 0 Å². The maximum atomic E-state index is 11.0. The first-order chi connectivity index (χ1) is 18.1. The molecular formula is C33H47N3O. The van der Waals surface area contributed by atoms with Crippen molar-refractivity contribution in [1.29, 1.82) is 5.26 Å². The van der Waals surface area contributed by atoms with Crippen molar-refractivity contribution in [3.63, 3.8) is 0 Å². The average Bonchev–Trinajstić information content (AvgIpc) is 2.94. The second-order valence-electron chi connectivity index (χ2n) is 10.4. The normalized spacial score (nSPS) is 17.9. The molecule has 0 spiro atoms. The molecule has 200 valence electrons. The molecule has 0 saturated carbocycles. The third-order valence-electron chi connectivity index (χ3n) is 7.62. The van der Waals surface area contributed by atoms with E-state index in [1.165, 1.54) is 22.3 Å². The number of rotatable bonds is 15. The van der Waals surface area contributed by atoms with Gasteiger partial charge in [-0.2, -0.15) is 5.26 Å². The molecule has 0 saturated heterocycles. The summed E-state index contributed by atoms with van der Waals surface area (Å²) < 4.78 is 6.78. The van der Waals surface area contributed by atoms with Gasteiger partial charge in [0.25, 0.3) is 0 Å². The van der Waals surface area contributed by atoms with Crippen molar-refractivity contribution < 1.29 is 4.74 Å². The molecule has 3 rings (SSSR count). The van der Waals surface area contributed by atoms with Crippen molar-refractivity contribution >= 4 is 5.57 Å². The number of nitrogens with zero attached hydrogens (tertiary/aromatic N) is 2. The van der Waals surface area contributed by atoms with Crippen LogP contribution in [0.4, 0.5) is 0 Å². The Labute approximate surface area is 225 Å². The van der Waals surface area contributed by atoms with Gasteiger partial charge in [0.1, 0.15) is 0 Å². The van der Waals surface area contributed by atoms with Crippen molar-refractivity contribution in [3.8, 4) is 6.07 Å². The molecule has 2 unspecified atom stereocenters. The number of hydrogen-bond acceptors (Lipinski definition) is 4. The molecule has 0 aromatic heterocycles. The number of aryl methyl sites for hydroxylation is 1. The zero-order valence-corrected chi connectivity index (χ0v) is 23.6. The summed E-state index contributed by atoms with van der Waals surface area (Å²) in [5.74, 6) is 0.826. The van der Waals surface area contributed by atoms with E-state index < -0.39 is 11.8 Å². The van der Waals surface area contributed by atoms with Gasteiger partial charge in [-0.25, -0.2) is 0 Å². The van der Waals surface area contributed by atoms with E-state index in [2.05, 4.69) is 56.9 Å². The van der Waals surface area contributed by atoms with Gasteiger partial charge in [0.15, 0.2) is 17.6 Å². The van der Waals surface area contributed by atoms with Gasteiger partial charge in [-0.3, -0.25) is 5.73 Å². The number of hydrogen-bond donors (Lipinski definition) is 1. The molecule has 4 heteroatoms. The number of unbranched alkanes of at least 4 members (excludes halogenated alkanes) is 4. The lowest BCUT2D eigenvalue weighted by Crippen LogP contribution is -2.49. The van der Waals surface area contributed by atoms with Crippen molar-refractivity contribution in [2.75, 3.05) is 6.54 Å². The SMILES string of the molecule is CCCCC1=C(OC(N)c2ccccc2)N(CCCC)C(C#N)(CCCC)c2cccc(CCCC)c21. The summed E-state index contributed by atoms with van der Waals surface area (Å²) >= 11 is 0. The quantitative estimate of drug-likeness (QED) is 0.248. The second-order valence-corrected chi connectivity index (χ2v) is 10.4. The molecular weight excluding hydrogens is 454 g/mol. The third-order valence-corrected chi connectivity index (χ3v) is 7.62. The molecule has 4 nitrogen and oxygen atoms in total. The van der Waals surface area contributed by atoms with Crippen LogP contribution in [0.2, 0.25) is 0 Å². The second kappa shape index (κ2) is 14.2. The predicted octanol–water partition coefficient (Wildman–Crippen LogP) is 8.59. The van der Waals surface area contributed by atoms with Gasteiger partial charge in [-0.05, 0) is 61.6 Å². The van der Waals surface area contributed by atoms with E-state index in [4.69, 9.17) is 10.5 Å². The molecule has 37 heavy (non-hydrogen) atoms. The van der Waals surface area contributed by atoms with Crippen LogP contribution >= 0.6 is 0 Å². The van der Waals surface area contributed by atoms with Crippen molar-refractivity contribution in [1.82, 2.24) is 4.90 Å². The molecule has 1 aliphatic rings. The first kappa shape index (κ1) is 28.8. The van der Waals surface area contributed by atoms with Crippen LogP contribution in [0.25, 0.3) is 5.57 Å². The molecule has 1 aliphatic heterocycles. The zero-order chi connectivity index (χ0) is 26.7.